The van der Waals surface area contributed by atoms with E-state index in [1.54, 1.807) is 35.8 Å². The summed E-state index contributed by atoms with van der Waals surface area (Å²) in [7, 11) is 0. The van der Waals surface area contributed by atoms with E-state index < -0.39 is 10.7 Å². The first kappa shape index (κ1) is 22.5. The van der Waals surface area contributed by atoms with Crippen molar-refractivity contribution in [2.24, 2.45) is 0 Å². The summed E-state index contributed by atoms with van der Waals surface area (Å²) in [6.07, 6.45) is 0. The van der Waals surface area contributed by atoms with Gasteiger partial charge in [0, 0.05) is 43.9 Å². The van der Waals surface area contributed by atoms with Gasteiger partial charge in [0.2, 0.25) is 0 Å². The highest BCUT2D eigenvalue weighted by Crippen LogP contribution is 2.30. The van der Waals surface area contributed by atoms with Crippen molar-refractivity contribution in [2.75, 3.05) is 31.1 Å². The van der Waals surface area contributed by atoms with Gasteiger partial charge in [-0.3, -0.25) is 19.7 Å². The summed E-state index contributed by atoms with van der Waals surface area (Å²) >= 11 is 5.99. The van der Waals surface area contributed by atoms with Crippen molar-refractivity contribution < 1.29 is 18.9 Å². The lowest BCUT2D eigenvalue weighted by molar-refractivity contribution is -0.384. The number of rotatable bonds is 5. The number of benzene rings is 2. The summed E-state index contributed by atoms with van der Waals surface area (Å²) in [6, 6.07) is 7.89. The molecule has 164 valence electrons. The van der Waals surface area contributed by atoms with Gasteiger partial charge in [0.05, 0.1) is 15.5 Å². The number of hydrogen-bond donors (Lipinski definition) is 1. The number of amides is 2. The quantitative estimate of drug-likeness (QED) is 0.558. The fraction of sp³-hybridized carbons (Fsp3) is 0.333. The van der Waals surface area contributed by atoms with E-state index in [1.807, 2.05) is 0 Å². The average Bonchev–Trinajstić information content (AvgIpc) is 2.72. The van der Waals surface area contributed by atoms with Crippen LogP contribution in [-0.2, 0) is 0 Å². The Morgan fingerprint density at radius 2 is 1.81 bits per heavy atom. The number of nitro groups is 1. The van der Waals surface area contributed by atoms with Crippen molar-refractivity contribution in [1.29, 1.82) is 0 Å². The van der Waals surface area contributed by atoms with E-state index in [2.05, 4.69) is 5.32 Å². The second-order valence-electron chi connectivity index (χ2n) is 7.49. The second kappa shape index (κ2) is 9.30. The lowest BCUT2D eigenvalue weighted by Gasteiger charge is -2.36. The van der Waals surface area contributed by atoms with Crippen LogP contribution in [0, 0.1) is 15.9 Å². The molecule has 3 rings (SSSR count). The lowest BCUT2D eigenvalue weighted by Crippen LogP contribution is -2.49. The molecule has 1 N–H and O–H groups in total. The molecule has 0 bridgehead atoms. The molecule has 2 aromatic rings. The molecule has 0 aromatic heterocycles. The predicted octanol–water partition coefficient (Wildman–Crippen LogP) is 3.49. The lowest BCUT2D eigenvalue weighted by atomic mass is 10.1. The van der Waals surface area contributed by atoms with Crippen molar-refractivity contribution in [3.8, 4) is 0 Å². The number of anilines is 1. The van der Waals surface area contributed by atoms with Crippen LogP contribution < -0.4 is 10.2 Å². The Morgan fingerprint density at radius 1 is 1.13 bits per heavy atom. The maximum Gasteiger partial charge on any atom is 0.293 e. The number of nitrogens with zero attached hydrogens (tertiary/aromatic N) is 3. The first-order chi connectivity index (χ1) is 14.7. The maximum atomic E-state index is 13.2. The minimum atomic E-state index is -0.524. The molecule has 0 spiro atoms. The van der Waals surface area contributed by atoms with E-state index in [1.165, 1.54) is 18.2 Å². The van der Waals surface area contributed by atoms with Crippen LogP contribution in [0.25, 0.3) is 0 Å². The molecule has 1 heterocycles. The number of nitrogens with one attached hydrogen (secondary N) is 1. The molecule has 2 aromatic carbocycles. The van der Waals surface area contributed by atoms with Crippen LogP contribution in [0.4, 0.5) is 15.8 Å². The topological polar surface area (TPSA) is 95.8 Å². The fourth-order valence-corrected chi connectivity index (χ4v) is 3.66. The molecule has 0 atom stereocenters. The van der Waals surface area contributed by atoms with E-state index >= 15 is 0 Å². The van der Waals surface area contributed by atoms with Crippen LogP contribution in [0.3, 0.4) is 0 Å². The molecule has 1 fully saturated rings. The number of nitro benzene ring substituents is 1. The van der Waals surface area contributed by atoms with E-state index in [9.17, 15) is 24.1 Å². The zero-order valence-corrected chi connectivity index (χ0v) is 17.9. The van der Waals surface area contributed by atoms with Gasteiger partial charge < -0.3 is 15.1 Å². The van der Waals surface area contributed by atoms with E-state index in [0.717, 1.165) is 6.07 Å². The van der Waals surface area contributed by atoms with Crippen molar-refractivity contribution >= 4 is 34.8 Å². The van der Waals surface area contributed by atoms with E-state index in [4.69, 9.17) is 11.6 Å². The summed E-state index contributed by atoms with van der Waals surface area (Å²) in [5.41, 5.74) is 0.641. The highest BCUT2D eigenvalue weighted by molar-refractivity contribution is 6.33. The normalized spacial score (nSPS) is 14.0. The Balaban J connectivity index is 1.74. The third-order valence-electron chi connectivity index (χ3n) is 4.92. The maximum absolute atomic E-state index is 13.2. The summed E-state index contributed by atoms with van der Waals surface area (Å²) in [5, 5.41) is 14.4. The van der Waals surface area contributed by atoms with Crippen molar-refractivity contribution in [1.82, 2.24) is 10.2 Å². The second-order valence-corrected chi connectivity index (χ2v) is 7.90. The van der Waals surface area contributed by atoms with E-state index in [-0.39, 0.29) is 39.7 Å². The molecule has 0 saturated carbocycles. The molecular formula is C21H22ClFN4O4. The Labute approximate surface area is 183 Å². The number of carbonyl (C=O) groups excluding carboxylic acids is 2. The average molecular weight is 449 g/mol. The minimum Gasteiger partial charge on any atom is -0.362 e. The summed E-state index contributed by atoms with van der Waals surface area (Å²) in [6.45, 7) is 4.98. The summed E-state index contributed by atoms with van der Waals surface area (Å²) in [4.78, 5) is 39.4. The molecule has 0 unspecified atom stereocenters. The number of piperazine rings is 1. The third kappa shape index (κ3) is 5.11. The SMILES string of the molecule is CC(C)NC(=O)c1ccc(N2CCN(C(=O)c3ccc(F)cc3Cl)CC2)c([N+](=O)[O-])c1. The molecule has 0 aliphatic carbocycles. The Bertz CT molecular complexity index is 1020. The first-order valence-corrected chi connectivity index (χ1v) is 10.1. The molecule has 1 aliphatic rings. The molecule has 31 heavy (non-hydrogen) atoms. The molecular weight excluding hydrogens is 427 g/mol. The Morgan fingerprint density at radius 3 is 2.39 bits per heavy atom. The molecule has 10 heteroatoms. The van der Waals surface area contributed by atoms with Crippen molar-refractivity contribution in [3.05, 3.63) is 68.5 Å². The van der Waals surface area contributed by atoms with Crippen molar-refractivity contribution in [3.63, 3.8) is 0 Å². The molecule has 1 saturated heterocycles. The molecule has 1 aliphatic heterocycles. The van der Waals surface area contributed by atoms with Crippen LogP contribution >= 0.6 is 11.6 Å². The van der Waals surface area contributed by atoms with Gasteiger partial charge in [-0.25, -0.2) is 4.39 Å². The minimum absolute atomic E-state index is 0.0401. The van der Waals surface area contributed by atoms with Crippen LogP contribution in [-0.4, -0.2) is 53.9 Å². The smallest absolute Gasteiger partial charge is 0.293 e. The molecule has 8 nitrogen and oxygen atoms in total. The van der Waals surface area contributed by atoms with Gasteiger partial charge in [-0.2, -0.15) is 0 Å². The summed E-state index contributed by atoms with van der Waals surface area (Å²) < 4.78 is 13.2. The predicted molar refractivity (Wildman–Crippen MR) is 115 cm³/mol. The van der Waals surface area contributed by atoms with Crippen LogP contribution in [0.5, 0.6) is 0 Å². The van der Waals surface area contributed by atoms with Gasteiger partial charge in [-0.15, -0.1) is 0 Å². The zero-order valence-electron chi connectivity index (χ0n) is 17.1. The largest absolute Gasteiger partial charge is 0.362 e. The third-order valence-corrected chi connectivity index (χ3v) is 5.24. The van der Waals surface area contributed by atoms with Gasteiger partial charge in [0.15, 0.2) is 0 Å². The van der Waals surface area contributed by atoms with Gasteiger partial charge in [0.25, 0.3) is 17.5 Å². The Hall–Kier alpha value is -3.20. The van der Waals surface area contributed by atoms with Gasteiger partial charge in [-0.05, 0) is 44.2 Å². The number of carbonyl (C=O) groups is 2. The number of hydrogen-bond acceptors (Lipinski definition) is 5. The highest BCUT2D eigenvalue weighted by Gasteiger charge is 2.28. The van der Waals surface area contributed by atoms with Crippen LogP contribution in [0.15, 0.2) is 36.4 Å². The standard InChI is InChI=1S/C21H22ClFN4O4/c1-13(2)24-20(28)14-3-6-18(19(11-14)27(30)31)25-7-9-26(10-8-25)21(29)16-5-4-15(23)12-17(16)22/h3-6,11-13H,7-10H2,1-2H3,(H,24,28). The summed E-state index contributed by atoms with van der Waals surface area (Å²) in [5.74, 6) is -1.22. The van der Waals surface area contributed by atoms with E-state index in [0.29, 0.717) is 31.9 Å². The molecule has 0 radical (unpaired) electrons. The highest BCUT2D eigenvalue weighted by atomic mass is 35.5. The number of halogens is 2. The Kier molecular flexibility index (Phi) is 6.74. The van der Waals surface area contributed by atoms with Gasteiger partial charge in [-0.1, -0.05) is 11.6 Å². The van der Waals surface area contributed by atoms with Crippen LogP contribution in [0.1, 0.15) is 34.6 Å². The first-order valence-electron chi connectivity index (χ1n) is 9.76. The zero-order chi connectivity index (χ0) is 22.7. The monoisotopic (exact) mass is 448 g/mol. The van der Waals surface area contributed by atoms with Gasteiger partial charge >= 0.3 is 0 Å². The van der Waals surface area contributed by atoms with Crippen LogP contribution in [0.2, 0.25) is 5.02 Å². The fourth-order valence-electron chi connectivity index (χ4n) is 3.41. The molecule has 2 amide bonds. The van der Waals surface area contributed by atoms with Gasteiger partial charge in [0.1, 0.15) is 11.5 Å². The van der Waals surface area contributed by atoms with Crippen molar-refractivity contribution in [2.45, 2.75) is 19.9 Å².